The molecule has 0 saturated heterocycles. The summed E-state index contributed by atoms with van der Waals surface area (Å²) in [6, 6.07) is 6.36. The van der Waals surface area contributed by atoms with E-state index in [0.29, 0.717) is 0 Å². The van der Waals surface area contributed by atoms with Crippen LogP contribution < -0.4 is 0 Å². The highest BCUT2D eigenvalue weighted by atomic mass is 127. The smallest absolute Gasteiger partial charge is 0.128 e. The Balaban J connectivity index is 2.16. The molecule has 0 aliphatic heterocycles. The molecule has 104 valence electrons. The molecule has 0 amide bonds. The van der Waals surface area contributed by atoms with Crippen LogP contribution in [0.5, 0.6) is 0 Å². The first-order valence-corrected chi connectivity index (χ1v) is 8.83. The maximum absolute atomic E-state index is 6.32. The summed E-state index contributed by atoms with van der Waals surface area (Å²) in [4.78, 5) is 4.71. The van der Waals surface area contributed by atoms with Crippen LogP contribution in [-0.2, 0) is 6.54 Å². The molecule has 5 heteroatoms. The molecule has 3 rings (SSSR count). The Kier molecular flexibility index (Phi) is 4.06. The van der Waals surface area contributed by atoms with Crippen LogP contribution in [0.1, 0.15) is 29.3 Å². The zero-order valence-electron chi connectivity index (χ0n) is 11.2. The highest BCUT2D eigenvalue weighted by molar-refractivity contribution is 14.1. The Morgan fingerprint density at radius 3 is 2.85 bits per heavy atom. The van der Waals surface area contributed by atoms with E-state index in [2.05, 4.69) is 63.0 Å². The lowest BCUT2D eigenvalue weighted by atomic mass is 10.2. The van der Waals surface area contributed by atoms with Crippen molar-refractivity contribution in [1.82, 2.24) is 9.55 Å². The monoisotopic (exact) mass is 416 g/mol. The zero-order chi connectivity index (χ0) is 14.3. The number of thiophene rings is 1. The van der Waals surface area contributed by atoms with Crippen molar-refractivity contribution in [2.75, 3.05) is 0 Å². The van der Waals surface area contributed by atoms with Crippen molar-refractivity contribution >= 4 is 56.6 Å². The van der Waals surface area contributed by atoms with Gasteiger partial charge in [-0.15, -0.1) is 11.6 Å². The van der Waals surface area contributed by atoms with E-state index >= 15 is 0 Å². The highest BCUT2D eigenvalue weighted by Gasteiger charge is 2.16. The van der Waals surface area contributed by atoms with Gasteiger partial charge in [0.1, 0.15) is 5.82 Å². The fourth-order valence-electron chi connectivity index (χ4n) is 2.31. The first kappa shape index (κ1) is 14.4. The molecule has 0 N–H and O–H groups in total. The van der Waals surface area contributed by atoms with Crippen LogP contribution >= 0.6 is 45.5 Å². The number of rotatable bonds is 3. The topological polar surface area (TPSA) is 17.8 Å². The maximum Gasteiger partial charge on any atom is 0.128 e. The number of halogens is 2. The summed E-state index contributed by atoms with van der Waals surface area (Å²) < 4.78 is 3.43. The molecule has 0 bridgehead atoms. The summed E-state index contributed by atoms with van der Waals surface area (Å²) in [5.74, 6) is 0.939. The van der Waals surface area contributed by atoms with Crippen LogP contribution in [0.15, 0.2) is 29.0 Å². The minimum atomic E-state index is -0.0981. The number of aromatic nitrogens is 2. The van der Waals surface area contributed by atoms with Crippen LogP contribution in [-0.4, -0.2) is 9.55 Å². The molecule has 1 unspecified atom stereocenters. The molecule has 0 saturated carbocycles. The van der Waals surface area contributed by atoms with E-state index in [0.717, 1.165) is 23.4 Å². The first-order valence-electron chi connectivity index (χ1n) is 6.37. The normalized spacial score (nSPS) is 13.0. The summed E-state index contributed by atoms with van der Waals surface area (Å²) in [6.45, 7) is 4.96. The third kappa shape index (κ3) is 2.61. The minimum Gasteiger partial charge on any atom is -0.322 e. The molecule has 0 radical (unpaired) electrons. The van der Waals surface area contributed by atoms with Crippen molar-refractivity contribution in [2.45, 2.75) is 25.8 Å². The molecule has 20 heavy (non-hydrogen) atoms. The van der Waals surface area contributed by atoms with Gasteiger partial charge in [0.2, 0.25) is 0 Å². The molecule has 0 aliphatic rings. The summed E-state index contributed by atoms with van der Waals surface area (Å²) in [6.07, 6.45) is 0. The average Bonchev–Trinajstić information content (AvgIpc) is 2.95. The Hall–Kier alpha value is -0.590. The number of hydrogen-bond acceptors (Lipinski definition) is 2. The SMILES string of the molecule is Cc1cscc1Cn1c(C(C)Cl)nc2cc(I)ccc21. The van der Waals surface area contributed by atoms with Gasteiger partial charge in [0.15, 0.2) is 0 Å². The molecule has 2 nitrogen and oxygen atoms in total. The van der Waals surface area contributed by atoms with Gasteiger partial charge >= 0.3 is 0 Å². The van der Waals surface area contributed by atoms with Crippen LogP contribution in [0.3, 0.4) is 0 Å². The zero-order valence-corrected chi connectivity index (χ0v) is 15.0. The number of alkyl halides is 1. The molecule has 3 aromatic rings. The Bertz CT molecular complexity index is 760. The van der Waals surface area contributed by atoms with Gasteiger partial charge in [0, 0.05) is 3.57 Å². The minimum absolute atomic E-state index is 0.0981. The molecular weight excluding hydrogens is 403 g/mol. The first-order chi connectivity index (χ1) is 9.56. The van der Waals surface area contributed by atoms with E-state index in [1.807, 2.05) is 6.92 Å². The maximum atomic E-state index is 6.32. The highest BCUT2D eigenvalue weighted by Crippen LogP contribution is 2.27. The lowest BCUT2D eigenvalue weighted by Gasteiger charge is -2.10. The molecule has 1 aromatic carbocycles. The van der Waals surface area contributed by atoms with Crippen molar-refractivity contribution in [1.29, 1.82) is 0 Å². The van der Waals surface area contributed by atoms with E-state index in [9.17, 15) is 0 Å². The number of hydrogen-bond donors (Lipinski definition) is 0. The van der Waals surface area contributed by atoms with Crippen LogP contribution in [0.2, 0.25) is 0 Å². The molecule has 1 atom stereocenters. The van der Waals surface area contributed by atoms with Crippen LogP contribution in [0.25, 0.3) is 11.0 Å². The number of aryl methyl sites for hydroxylation is 1. The van der Waals surface area contributed by atoms with Crippen molar-refractivity contribution in [2.24, 2.45) is 0 Å². The second-order valence-electron chi connectivity index (χ2n) is 4.89. The molecule has 0 aliphatic carbocycles. The second-order valence-corrected chi connectivity index (χ2v) is 7.53. The second kappa shape index (κ2) is 5.66. The van der Waals surface area contributed by atoms with Crippen molar-refractivity contribution < 1.29 is 0 Å². The van der Waals surface area contributed by atoms with Gasteiger partial charge in [0.25, 0.3) is 0 Å². The van der Waals surface area contributed by atoms with Gasteiger partial charge in [-0.25, -0.2) is 4.98 Å². The predicted molar refractivity (Wildman–Crippen MR) is 94.9 cm³/mol. The number of fused-ring (bicyclic) bond motifs is 1. The fraction of sp³-hybridized carbons (Fsp3) is 0.267. The van der Waals surface area contributed by atoms with E-state index in [-0.39, 0.29) is 5.38 Å². The lowest BCUT2D eigenvalue weighted by Crippen LogP contribution is -2.05. The summed E-state index contributed by atoms with van der Waals surface area (Å²) in [5.41, 5.74) is 4.84. The van der Waals surface area contributed by atoms with Crippen molar-refractivity contribution in [3.05, 3.63) is 49.5 Å². The van der Waals surface area contributed by atoms with Gasteiger partial charge in [0.05, 0.1) is 23.0 Å². The lowest BCUT2D eigenvalue weighted by molar-refractivity contribution is 0.741. The van der Waals surface area contributed by atoms with Gasteiger partial charge < -0.3 is 4.57 Å². The van der Waals surface area contributed by atoms with Gasteiger partial charge in [-0.1, -0.05) is 0 Å². The number of nitrogens with zero attached hydrogens (tertiary/aromatic N) is 2. The largest absolute Gasteiger partial charge is 0.322 e. The van der Waals surface area contributed by atoms with E-state index in [1.54, 1.807) is 11.3 Å². The molecular formula is C15H14ClIN2S. The number of benzene rings is 1. The van der Waals surface area contributed by atoms with Gasteiger partial charge in [-0.3, -0.25) is 0 Å². The molecule has 2 heterocycles. The Morgan fingerprint density at radius 1 is 1.40 bits per heavy atom. The fourth-order valence-corrected chi connectivity index (χ4v) is 3.80. The van der Waals surface area contributed by atoms with E-state index in [1.165, 1.54) is 14.7 Å². The number of imidazole rings is 1. The van der Waals surface area contributed by atoms with Crippen molar-refractivity contribution in [3.8, 4) is 0 Å². The van der Waals surface area contributed by atoms with Crippen molar-refractivity contribution in [3.63, 3.8) is 0 Å². The average molecular weight is 417 g/mol. The third-order valence-electron chi connectivity index (χ3n) is 3.39. The molecule has 0 spiro atoms. The van der Waals surface area contributed by atoms with E-state index in [4.69, 9.17) is 16.6 Å². The predicted octanol–water partition coefficient (Wildman–Crippen LogP) is 5.36. The summed E-state index contributed by atoms with van der Waals surface area (Å²) in [5, 5.41) is 4.29. The van der Waals surface area contributed by atoms with Gasteiger partial charge in [-0.05, 0) is 76.5 Å². The Morgan fingerprint density at radius 2 is 2.20 bits per heavy atom. The van der Waals surface area contributed by atoms with E-state index < -0.39 is 0 Å². The Labute approximate surface area is 140 Å². The standard InChI is InChI=1S/C15H14ClIN2S/c1-9-7-20-8-11(9)6-19-14-4-3-12(17)5-13(14)18-15(19)10(2)16/h3-5,7-8,10H,6H2,1-2H3. The summed E-state index contributed by atoms with van der Waals surface area (Å²) in [7, 11) is 0. The van der Waals surface area contributed by atoms with Crippen LogP contribution in [0.4, 0.5) is 0 Å². The van der Waals surface area contributed by atoms with Crippen LogP contribution in [0, 0.1) is 10.5 Å². The third-order valence-corrected chi connectivity index (χ3v) is 5.16. The summed E-state index contributed by atoms with van der Waals surface area (Å²) >= 11 is 10.4. The quantitative estimate of drug-likeness (QED) is 0.415. The molecule has 0 fully saturated rings. The molecule has 2 aromatic heterocycles. The van der Waals surface area contributed by atoms with Gasteiger partial charge in [-0.2, -0.15) is 11.3 Å².